The van der Waals surface area contributed by atoms with E-state index in [2.05, 4.69) is 9.71 Å². The normalized spacial score (nSPS) is 11.2. The number of sulfonamides is 1. The molecule has 2 N–H and O–H groups in total. The van der Waals surface area contributed by atoms with Crippen LogP contribution in [0.15, 0.2) is 41.3 Å². The first kappa shape index (κ1) is 14.1. The number of oxazole rings is 1. The largest absolute Gasteiger partial charge is 0.481 e. The lowest BCUT2D eigenvalue weighted by molar-refractivity contribution is -0.136. The number of hydrogen-bond acceptors (Lipinski definition) is 5. The van der Waals surface area contributed by atoms with Crippen LogP contribution < -0.4 is 4.72 Å². The summed E-state index contributed by atoms with van der Waals surface area (Å²) in [7, 11) is -3.69. The minimum absolute atomic E-state index is 0.337. The van der Waals surface area contributed by atoms with Gasteiger partial charge >= 0.3 is 5.97 Å². The Morgan fingerprint density at radius 2 is 2.20 bits per heavy atom. The van der Waals surface area contributed by atoms with Gasteiger partial charge in [0.15, 0.2) is 12.2 Å². The molecule has 0 atom stereocenters. The summed E-state index contributed by atoms with van der Waals surface area (Å²) in [5.74, 6) is -1.13. The van der Waals surface area contributed by atoms with Crippen LogP contribution in [0.5, 0.6) is 0 Å². The number of benzene rings is 1. The number of anilines is 1. The summed E-state index contributed by atoms with van der Waals surface area (Å²) in [4.78, 5) is 14.2. The molecule has 8 heteroatoms. The van der Waals surface area contributed by atoms with Crippen LogP contribution in [0.2, 0.25) is 0 Å². The number of aliphatic carboxylic acids is 1. The zero-order valence-electron chi connectivity index (χ0n) is 10.3. The standard InChI is InChI=1S/C12H12N2O5S/c15-12(16)4-5-20(17,18)14-10-3-1-2-9(6-10)11-7-13-8-19-11/h1-3,6-8,14H,4-5H2,(H,15,16). The van der Waals surface area contributed by atoms with Crippen molar-refractivity contribution in [2.75, 3.05) is 10.5 Å². The average molecular weight is 296 g/mol. The third kappa shape index (κ3) is 3.82. The van der Waals surface area contributed by atoms with E-state index in [1.807, 2.05) is 0 Å². The van der Waals surface area contributed by atoms with E-state index in [1.54, 1.807) is 24.3 Å². The number of nitrogens with zero attached hydrogens (tertiary/aromatic N) is 1. The van der Waals surface area contributed by atoms with Gasteiger partial charge in [-0.2, -0.15) is 0 Å². The first-order chi connectivity index (χ1) is 9.46. The van der Waals surface area contributed by atoms with E-state index >= 15 is 0 Å². The van der Waals surface area contributed by atoms with E-state index in [9.17, 15) is 13.2 Å². The van der Waals surface area contributed by atoms with Crippen molar-refractivity contribution in [1.82, 2.24) is 4.98 Å². The van der Waals surface area contributed by atoms with Gasteiger partial charge in [-0.3, -0.25) is 9.52 Å². The summed E-state index contributed by atoms with van der Waals surface area (Å²) < 4.78 is 30.8. The average Bonchev–Trinajstić information content (AvgIpc) is 2.90. The number of carbonyl (C=O) groups is 1. The van der Waals surface area contributed by atoms with Gasteiger partial charge in [-0.05, 0) is 12.1 Å². The first-order valence-electron chi connectivity index (χ1n) is 5.67. The van der Waals surface area contributed by atoms with Crippen LogP contribution in [0.4, 0.5) is 5.69 Å². The molecule has 1 aromatic carbocycles. The highest BCUT2D eigenvalue weighted by molar-refractivity contribution is 7.92. The number of carboxylic acid groups (broad SMARTS) is 1. The van der Waals surface area contributed by atoms with Crippen molar-refractivity contribution < 1.29 is 22.7 Å². The Hall–Kier alpha value is -2.35. The van der Waals surface area contributed by atoms with Crippen molar-refractivity contribution in [3.05, 3.63) is 36.9 Å². The summed E-state index contributed by atoms with van der Waals surface area (Å²) in [6, 6.07) is 6.56. The Bertz CT molecular complexity index is 694. The van der Waals surface area contributed by atoms with Crippen LogP contribution >= 0.6 is 0 Å². The second-order valence-electron chi connectivity index (χ2n) is 4.01. The zero-order chi connectivity index (χ0) is 14.6. The van der Waals surface area contributed by atoms with Crippen LogP contribution in [0, 0.1) is 0 Å². The van der Waals surface area contributed by atoms with E-state index in [0.717, 1.165) is 0 Å². The fourth-order valence-electron chi connectivity index (χ4n) is 1.55. The lowest BCUT2D eigenvalue weighted by Gasteiger charge is -2.07. The summed E-state index contributed by atoms with van der Waals surface area (Å²) in [6.45, 7) is 0. The lowest BCUT2D eigenvalue weighted by atomic mass is 10.2. The van der Waals surface area contributed by atoms with Gasteiger partial charge in [0, 0.05) is 11.3 Å². The minimum Gasteiger partial charge on any atom is -0.481 e. The highest BCUT2D eigenvalue weighted by Gasteiger charge is 2.13. The van der Waals surface area contributed by atoms with E-state index in [0.29, 0.717) is 17.0 Å². The molecule has 0 bridgehead atoms. The molecule has 0 saturated carbocycles. The molecule has 0 aliphatic carbocycles. The van der Waals surface area contributed by atoms with Gasteiger partial charge < -0.3 is 9.52 Å². The van der Waals surface area contributed by atoms with Crippen molar-refractivity contribution in [3.63, 3.8) is 0 Å². The first-order valence-corrected chi connectivity index (χ1v) is 7.33. The van der Waals surface area contributed by atoms with Gasteiger partial charge in [0.1, 0.15) is 0 Å². The molecule has 0 radical (unpaired) electrons. The fourth-order valence-corrected chi connectivity index (χ4v) is 2.58. The summed E-state index contributed by atoms with van der Waals surface area (Å²) in [5.41, 5.74) is 1.00. The van der Waals surface area contributed by atoms with Crippen LogP contribution in [0.3, 0.4) is 0 Å². The van der Waals surface area contributed by atoms with E-state index in [1.165, 1.54) is 12.6 Å². The molecule has 0 fully saturated rings. The second-order valence-corrected chi connectivity index (χ2v) is 5.85. The summed E-state index contributed by atoms with van der Waals surface area (Å²) >= 11 is 0. The maximum Gasteiger partial charge on any atom is 0.304 e. The molecule has 0 saturated heterocycles. The van der Waals surface area contributed by atoms with Crippen LogP contribution in [-0.4, -0.2) is 30.2 Å². The predicted octanol–water partition coefficient (Wildman–Crippen LogP) is 1.56. The third-order valence-electron chi connectivity index (χ3n) is 2.44. The maximum atomic E-state index is 11.7. The third-order valence-corrected chi connectivity index (χ3v) is 3.73. The summed E-state index contributed by atoms with van der Waals surface area (Å²) in [5, 5.41) is 8.50. The number of carboxylic acids is 1. The molecule has 1 aromatic heterocycles. The monoisotopic (exact) mass is 296 g/mol. The van der Waals surface area contributed by atoms with Crippen LogP contribution in [-0.2, 0) is 14.8 Å². The smallest absolute Gasteiger partial charge is 0.304 e. The Kier molecular flexibility index (Phi) is 4.04. The zero-order valence-corrected chi connectivity index (χ0v) is 11.1. The number of nitrogens with one attached hydrogen (secondary N) is 1. The topological polar surface area (TPSA) is 110 Å². The molecule has 1 heterocycles. The molecule has 7 nitrogen and oxygen atoms in total. The van der Waals surface area contributed by atoms with Crippen molar-refractivity contribution in [3.8, 4) is 11.3 Å². The highest BCUT2D eigenvalue weighted by Crippen LogP contribution is 2.22. The van der Waals surface area contributed by atoms with Crippen molar-refractivity contribution >= 4 is 21.7 Å². The van der Waals surface area contributed by atoms with E-state index in [-0.39, 0.29) is 0 Å². The molecule has 0 aliphatic heterocycles. The molecular formula is C12H12N2O5S. The number of rotatable bonds is 6. The van der Waals surface area contributed by atoms with Gasteiger partial charge in [-0.25, -0.2) is 13.4 Å². The predicted molar refractivity (Wildman–Crippen MR) is 71.6 cm³/mol. The molecule has 0 amide bonds. The molecule has 0 aliphatic rings. The minimum atomic E-state index is -3.69. The van der Waals surface area contributed by atoms with Crippen LogP contribution in [0.25, 0.3) is 11.3 Å². The molecule has 106 valence electrons. The van der Waals surface area contributed by atoms with Crippen molar-refractivity contribution in [2.45, 2.75) is 6.42 Å². The highest BCUT2D eigenvalue weighted by atomic mass is 32.2. The molecule has 2 rings (SSSR count). The quantitative estimate of drug-likeness (QED) is 0.837. The lowest BCUT2D eigenvalue weighted by Crippen LogP contribution is -2.18. The number of hydrogen-bond donors (Lipinski definition) is 2. The molecule has 20 heavy (non-hydrogen) atoms. The van der Waals surface area contributed by atoms with Crippen molar-refractivity contribution in [2.24, 2.45) is 0 Å². The van der Waals surface area contributed by atoms with Gasteiger partial charge in [0.05, 0.1) is 18.4 Å². The molecular weight excluding hydrogens is 284 g/mol. The van der Waals surface area contributed by atoms with Crippen molar-refractivity contribution in [1.29, 1.82) is 0 Å². The second kappa shape index (κ2) is 5.74. The van der Waals surface area contributed by atoms with Gasteiger partial charge in [0.25, 0.3) is 0 Å². The molecule has 2 aromatic rings. The van der Waals surface area contributed by atoms with Crippen LogP contribution in [0.1, 0.15) is 6.42 Å². The fraction of sp³-hybridized carbons (Fsp3) is 0.167. The summed E-state index contributed by atoms with van der Waals surface area (Å²) in [6.07, 6.45) is 2.34. The Labute approximate surface area is 115 Å². The number of aromatic nitrogens is 1. The van der Waals surface area contributed by atoms with Gasteiger partial charge in [-0.15, -0.1) is 0 Å². The Morgan fingerprint density at radius 3 is 2.85 bits per heavy atom. The van der Waals surface area contributed by atoms with Gasteiger partial charge in [-0.1, -0.05) is 12.1 Å². The SMILES string of the molecule is O=C(O)CCS(=O)(=O)Nc1cccc(-c2cnco2)c1. The Morgan fingerprint density at radius 1 is 1.40 bits per heavy atom. The van der Waals surface area contributed by atoms with E-state index in [4.69, 9.17) is 9.52 Å². The maximum absolute atomic E-state index is 11.7. The van der Waals surface area contributed by atoms with Gasteiger partial charge in [0.2, 0.25) is 10.0 Å². The Balaban J connectivity index is 2.14. The molecule has 0 spiro atoms. The van der Waals surface area contributed by atoms with E-state index < -0.39 is 28.2 Å². The molecule has 0 unspecified atom stereocenters.